The number of para-hydroxylation sites is 2. The summed E-state index contributed by atoms with van der Waals surface area (Å²) >= 11 is 0. The minimum absolute atomic E-state index is 0.00390. The molecule has 0 radical (unpaired) electrons. The first-order valence-electron chi connectivity index (χ1n) is 7.76. The standard InChI is InChI=1S/C19H15NO4/c21-18(15-10-13-6-2-4-8-17(13)24-19(15)22)20-11-14-9-12-5-1-3-7-16(12)23-14/h1-8,10,14H,9,11H2,(H,20,21). The Morgan fingerprint density at radius 3 is 2.79 bits per heavy atom. The largest absolute Gasteiger partial charge is 0.488 e. The highest BCUT2D eigenvalue weighted by Crippen LogP contribution is 2.27. The summed E-state index contributed by atoms with van der Waals surface area (Å²) in [6.07, 6.45) is 0.613. The summed E-state index contributed by atoms with van der Waals surface area (Å²) in [5.41, 5.74) is 0.960. The molecule has 4 rings (SSSR count). The Hall–Kier alpha value is -3.08. The average Bonchev–Trinajstić information content (AvgIpc) is 3.02. The predicted molar refractivity (Wildman–Crippen MR) is 89.4 cm³/mol. The molecule has 0 aliphatic carbocycles. The lowest BCUT2D eigenvalue weighted by molar-refractivity contribution is 0.0930. The van der Waals surface area contributed by atoms with Crippen LogP contribution in [0.25, 0.3) is 11.0 Å². The second-order valence-electron chi connectivity index (χ2n) is 5.75. The molecule has 2 aromatic carbocycles. The molecule has 1 atom stereocenters. The van der Waals surface area contributed by atoms with Crippen molar-refractivity contribution in [3.8, 4) is 5.75 Å². The van der Waals surface area contributed by atoms with Crippen molar-refractivity contribution in [2.24, 2.45) is 0 Å². The molecular weight excluding hydrogens is 306 g/mol. The van der Waals surface area contributed by atoms with E-state index in [-0.39, 0.29) is 11.7 Å². The number of fused-ring (bicyclic) bond motifs is 2. The van der Waals surface area contributed by atoms with Gasteiger partial charge in [-0.3, -0.25) is 4.79 Å². The van der Waals surface area contributed by atoms with E-state index < -0.39 is 11.5 Å². The van der Waals surface area contributed by atoms with Gasteiger partial charge in [0.1, 0.15) is 23.0 Å². The van der Waals surface area contributed by atoms with Crippen molar-refractivity contribution in [2.45, 2.75) is 12.5 Å². The third-order valence-corrected chi connectivity index (χ3v) is 4.09. The molecule has 5 heteroatoms. The van der Waals surface area contributed by atoms with Crippen molar-refractivity contribution < 1.29 is 13.9 Å². The van der Waals surface area contributed by atoms with Crippen LogP contribution in [-0.2, 0) is 6.42 Å². The van der Waals surface area contributed by atoms with Crippen molar-refractivity contribution >= 4 is 16.9 Å². The number of carbonyl (C=O) groups is 1. The van der Waals surface area contributed by atoms with E-state index in [0.29, 0.717) is 17.5 Å². The van der Waals surface area contributed by atoms with Crippen LogP contribution in [0.4, 0.5) is 0 Å². The van der Waals surface area contributed by atoms with E-state index in [2.05, 4.69) is 5.32 Å². The lowest BCUT2D eigenvalue weighted by Gasteiger charge is -2.11. The summed E-state index contributed by atoms with van der Waals surface area (Å²) in [5, 5.41) is 3.47. The van der Waals surface area contributed by atoms with Gasteiger partial charge in [-0.15, -0.1) is 0 Å². The van der Waals surface area contributed by atoms with Crippen LogP contribution >= 0.6 is 0 Å². The monoisotopic (exact) mass is 321 g/mol. The number of rotatable bonds is 3. The highest BCUT2D eigenvalue weighted by atomic mass is 16.5. The molecule has 3 aromatic rings. The molecule has 0 saturated heterocycles. The van der Waals surface area contributed by atoms with Gasteiger partial charge in [0.05, 0.1) is 6.54 Å². The van der Waals surface area contributed by atoms with Crippen LogP contribution in [0.3, 0.4) is 0 Å². The maximum Gasteiger partial charge on any atom is 0.349 e. The van der Waals surface area contributed by atoms with Gasteiger partial charge in [0.15, 0.2) is 0 Å². The second kappa shape index (κ2) is 5.85. The number of ether oxygens (including phenoxy) is 1. The summed E-state index contributed by atoms with van der Waals surface area (Å²) in [6.45, 7) is 0.333. The molecule has 0 fully saturated rings. The molecule has 1 aromatic heterocycles. The lowest BCUT2D eigenvalue weighted by Crippen LogP contribution is -2.36. The summed E-state index contributed by atoms with van der Waals surface area (Å²) in [7, 11) is 0. The normalized spacial score (nSPS) is 15.8. The van der Waals surface area contributed by atoms with E-state index >= 15 is 0 Å². The van der Waals surface area contributed by atoms with Crippen LogP contribution in [0.5, 0.6) is 5.75 Å². The Bertz CT molecular complexity index is 951. The molecule has 2 heterocycles. The van der Waals surface area contributed by atoms with Gasteiger partial charge >= 0.3 is 5.63 Å². The van der Waals surface area contributed by atoms with Crippen LogP contribution in [0.15, 0.2) is 63.8 Å². The Kier molecular flexibility index (Phi) is 3.54. The number of nitrogens with one attached hydrogen (secondary N) is 1. The number of benzene rings is 2. The Morgan fingerprint density at radius 1 is 1.12 bits per heavy atom. The van der Waals surface area contributed by atoms with Crippen molar-refractivity contribution in [2.75, 3.05) is 6.54 Å². The predicted octanol–water partition coefficient (Wildman–Crippen LogP) is 2.53. The molecule has 0 spiro atoms. The number of carbonyl (C=O) groups excluding carboxylic acids is 1. The zero-order valence-corrected chi connectivity index (χ0v) is 12.8. The molecule has 0 saturated carbocycles. The summed E-state index contributed by atoms with van der Waals surface area (Å²) in [5.74, 6) is 0.399. The van der Waals surface area contributed by atoms with Gasteiger partial charge in [0.25, 0.3) is 5.91 Å². The third-order valence-electron chi connectivity index (χ3n) is 4.09. The van der Waals surface area contributed by atoms with Crippen LogP contribution < -0.4 is 15.7 Å². The molecular formula is C19H15NO4. The zero-order chi connectivity index (χ0) is 16.5. The van der Waals surface area contributed by atoms with Gasteiger partial charge in [-0.2, -0.15) is 0 Å². The molecule has 0 bridgehead atoms. The smallest absolute Gasteiger partial charge is 0.349 e. The highest BCUT2D eigenvalue weighted by molar-refractivity contribution is 5.96. The minimum Gasteiger partial charge on any atom is -0.488 e. The van der Waals surface area contributed by atoms with Crippen LogP contribution in [0.2, 0.25) is 0 Å². The fraction of sp³-hybridized carbons (Fsp3) is 0.158. The molecule has 1 aliphatic rings. The quantitative estimate of drug-likeness (QED) is 0.753. The molecule has 1 unspecified atom stereocenters. The third kappa shape index (κ3) is 2.65. The maximum atomic E-state index is 12.3. The van der Waals surface area contributed by atoms with E-state index in [1.54, 1.807) is 24.3 Å². The van der Waals surface area contributed by atoms with Crippen LogP contribution in [0.1, 0.15) is 15.9 Å². The topological polar surface area (TPSA) is 68.5 Å². The van der Waals surface area contributed by atoms with Crippen LogP contribution in [-0.4, -0.2) is 18.6 Å². The Labute approximate surface area is 137 Å². The van der Waals surface area contributed by atoms with Gasteiger partial charge in [-0.25, -0.2) is 4.79 Å². The fourth-order valence-corrected chi connectivity index (χ4v) is 2.89. The number of amides is 1. The van der Waals surface area contributed by atoms with Gasteiger partial charge < -0.3 is 14.5 Å². The number of hydrogen-bond donors (Lipinski definition) is 1. The summed E-state index contributed by atoms with van der Waals surface area (Å²) < 4.78 is 11.0. The Balaban J connectivity index is 1.47. The van der Waals surface area contributed by atoms with E-state index in [1.807, 2.05) is 30.3 Å². The SMILES string of the molecule is O=C(NCC1Cc2ccccc2O1)c1cc2ccccc2oc1=O. The van der Waals surface area contributed by atoms with Gasteiger partial charge in [-0.05, 0) is 23.8 Å². The van der Waals surface area contributed by atoms with E-state index in [9.17, 15) is 9.59 Å². The molecule has 1 amide bonds. The molecule has 5 nitrogen and oxygen atoms in total. The summed E-state index contributed by atoms with van der Waals surface area (Å²) in [4.78, 5) is 24.3. The molecule has 1 N–H and O–H groups in total. The van der Waals surface area contributed by atoms with Crippen molar-refractivity contribution in [3.63, 3.8) is 0 Å². The van der Waals surface area contributed by atoms with Crippen molar-refractivity contribution in [1.29, 1.82) is 0 Å². The molecule has 1 aliphatic heterocycles. The van der Waals surface area contributed by atoms with E-state index in [0.717, 1.165) is 17.7 Å². The second-order valence-corrected chi connectivity index (χ2v) is 5.75. The maximum absolute atomic E-state index is 12.3. The van der Waals surface area contributed by atoms with Crippen LogP contribution in [0, 0.1) is 0 Å². The first-order chi connectivity index (χ1) is 11.7. The van der Waals surface area contributed by atoms with E-state index in [4.69, 9.17) is 9.15 Å². The highest BCUT2D eigenvalue weighted by Gasteiger charge is 2.23. The van der Waals surface area contributed by atoms with Gasteiger partial charge in [0.2, 0.25) is 0 Å². The van der Waals surface area contributed by atoms with Gasteiger partial charge in [-0.1, -0.05) is 36.4 Å². The average molecular weight is 321 g/mol. The van der Waals surface area contributed by atoms with Crippen molar-refractivity contribution in [3.05, 3.63) is 76.1 Å². The molecule has 120 valence electrons. The number of hydrogen-bond acceptors (Lipinski definition) is 4. The zero-order valence-electron chi connectivity index (χ0n) is 12.8. The minimum atomic E-state index is -0.637. The molecule has 24 heavy (non-hydrogen) atoms. The lowest BCUT2D eigenvalue weighted by atomic mass is 10.1. The Morgan fingerprint density at radius 2 is 1.92 bits per heavy atom. The van der Waals surface area contributed by atoms with E-state index in [1.165, 1.54) is 0 Å². The summed E-state index contributed by atoms with van der Waals surface area (Å²) in [6, 6.07) is 16.5. The fourth-order valence-electron chi connectivity index (χ4n) is 2.89. The van der Waals surface area contributed by atoms with Crippen molar-refractivity contribution in [1.82, 2.24) is 5.32 Å². The first kappa shape index (κ1) is 14.5. The van der Waals surface area contributed by atoms with Gasteiger partial charge in [0, 0.05) is 11.8 Å². The first-order valence-corrected chi connectivity index (χ1v) is 7.76.